The van der Waals surface area contributed by atoms with Crippen molar-refractivity contribution >= 4 is 0 Å². The summed E-state index contributed by atoms with van der Waals surface area (Å²) in [5.74, 6) is 1.37. The molecule has 1 aromatic carbocycles. The molecule has 0 aliphatic rings. The lowest BCUT2D eigenvalue weighted by atomic mass is 10.2. The molecule has 0 bridgehead atoms. The minimum atomic E-state index is 0.571. The van der Waals surface area contributed by atoms with Crippen molar-refractivity contribution in [2.24, 2.45) is 0 Å². The standard InChI is InChI=1S/C15H11N7/c1-2-8-16-13(3-1)15-17-9-10-22(15)12-6-4-11(5-7-12)14-18-20-21-19-14/h1-10H,(H,18,19,20,21). The fraction of sp³-hybridized carbons (Fsp3) is 0. The summed E-state index contributed by atoms with van der Waals surface area (Å²) in [5.41, 5.74) is 2.72. The molecule has 0 saturated heterocycles. The largest absolute Gasteiger partial charge is 0.299 e. The van der Waals surface area contributed by atoms with Crippen LogP contribution in [0.5, 0.6) is 0 Å². The van der Waals surface area contributed by atoms with Gasteiger partial charge in [-0.15, -0.1) is 10.2 Å². The highest BCUT2D eigenvalue weighted by Gasteiger charge is 2.09. The van der Waals surface area contributed by atoms with Gasteiger partial charge in [0.2, 0.25) is 5.82 Å². The van der Waals surface area contributed by atoms with Gasteiger partial charge >= 0.3 is 0 Å². The molecule has 0 saturated carbocycles. The third-order valence-electron chi connectivity index (χ3n) is 3.28. The Morgan fingerprint density at radius 3 is 2.55 bits per heavy atom. The van der Waals surface area contributed by atoms with Gasteiger partial charge in [-0.1, -0.05) is 6.07 Å². The summed E-state index contributed by atoms with van der Waals surface area (Å²) in [7, 11) is 0. The molecule has 106 valence electrons. The molecular weight excluding hydrogens is 278 g/mol. The van der Waals surface area contributed by atoms with E-state index in [4.69, 9.17) is 0 Å². The van der Waals surface area contributed by atoms with Gasteiger partial charge in [0.25, 0.3) is 0 Å². The monoisotopic (exact) mass is 289 g/mol. The fourth-order valence-corrected chi connectivity index (χ4v) is 2.25. The molecule has 0 aliphatic carbocycles. The smallest absolute Gasteiger partial charge is 0.204 e. The summed E-state index contributed by atoms with van der Waals surface area (Å²) < 4.78 is 1.99. The molecule has 4 rings (SSSR count). The zero-order valence-electron chi connectivity index (χ0n) is 11.5. The molecule has 7 nitrogen and oxygen atoms in total. The summed E-state index contributed by atoms with van der Waals surface area (Å²) in [6, 6.07) is 13.6. The Kier molecular flexibility index (Phi) is 2.93. The Labute approximate surface area is 125 Å². The first kappa shape index (κ1) is 12.4. The molecule has 0 fully saturated rings. The number of aromatic nitrogens is 7. The predicted octanol–water partition coefficient (Wildman–Crippen LogP) is 2.11. The van der Waals surface area contributed by atoms with Crippen LogP contribution in [0.4, 0.5) is 0 Å². The molecule has 0 unspecified atom stereocenters. The second kappa shape index (κ2) is 5.21. The van der Waals surface area contributed by atoms with E-state index in [1.165, 1.54) is 0 Å². The van der Waals surface area contributed by atoms with Gasteiger partial charge in [0, 0.05) is 29.8 Å². The van der Waals surface area contributed by atoms with Gasteiger partial charge in [0.1, 0.15) is 5.69 Å². The van der Waals surface area contributed by atoms with Crippen molar-refractivity contribution in [3.63, 3.8) is 0 Å². The van der Waals surface area contributed by atoms with Crippen LogP contribution in [0.3, 0.4) is 0 Å². The number of nitrogens with zero attached hydrogens (tertiary/aromatic N) is 6. The number of rotatable bonds is 3. The average Bonchev–Trinajstić information content (AvgIpc) is 3.28. The first-order chi connectivity index (χ1) is 10.9. The molecule has 0 amide bonds. The summed E-state index contributed by atoms with van der Waals surface area (Å²) >= 11 is 0. The van der Waals surface area contributed by atoms with E-state index >= 15 is 0 Å². The van der Waals surface area contributed by atoms with E-state index in [0.29, 0.717) is 5.82 Å². The highest BCUT2D eigenvalue weighted by molar-refractivity contribution is 5.59. The number of nitrogens with one attached hydrogen (secondary N) is 1. The zero-order valence-corrected chi connectivity index (χ0v) is 11.5. The number of hydrogen-bond acceptors (Lipinski definition) is 5. The van der Waals surface area contributed by atoms with Crippen molar-refractivity contribution in [3.8, 4) is 28.6 Å². The fourth-order valence-electron chi connectivity index (χ4n) is 2.25. The molecule has 22 heavy (non-hydrogen) atoms. The minimum absolute atomic E-state index is 0.571. The van der Waals surface area contributed by atoms with Crippen molar-refractivity contribution in [2.45, 2.75) is 0 Å². The number of H-pyrrole nitrogens is 1. The van der Waals surface area contributed by atoms with Crippen molar-refractivity contribution < 1.29 is 0 Å². The molecular formula is C15H11N7. The van der Waals surface area contributed by atoms with Crippen molar-refractivity contribution in [3.05, 3.63) is 61.1 Å². The maximum absolute atomic E-state index is 4.40. The normalized spacial score (nSPS) is 10.7. The Morgan fingerprint density at radius 2 is 1.82 bits per heavy atom. The van der Waals surface area contributed by atoms with Crippen LogP contribution in [0.15, 0.2) is 61.1 Å². The maximum atomic E-state index is 4.40. The summed E-state index contributed by atoms with van der Waals surface area (Å²) in [4.78, 5) is 8.75. The van der Waals surface area contributed by atoms with Gasteiger partial charge in [0.15, 0.2) is 5.82 Å². The second-order valence-electron chi connectivity index (χ2n) is 4.62. The Morgan fingerprint density at radius 1 is 0.909 bits per heavy atom. The highest BCUT2D eigenvalue weighted by atomic mass is 15.5. The maximum Gasteiger partial charge on any atom is 0.204 e. The number of tetrazole rings is 1. The number of hydrogen-bond donors (Lipinski definition) is 1. The van der Waals surface area contributed by atoms with Gasteiger partial charge < -0.3 is 0 Å². The number of imidazole rings is 1. The first-order valence-electron chi connectivity index (χ1n) is 6.71. The number of benzene rings is 1. The van der Waals surface area contributed by atoms with E-state index in [-0.39, 0.29) is 0 Å². The van der Waals surface area contributed by atoms with Crippen LogP contribution in [0.25, 0.3) is 28.6 Å². The van der Waals surface area contributed by atoms with Crippen molar-refractivity contribution in [2.75, 3.05) is 0 Å². The van der Waals surface area contributed by atoms with Crippen LogP contribution in [-0.4, -0.2) is 35.2 Å². The third kappa shape index (κ3) is 2.14. The Hall–Kier alpha value is -3.35. The van der Waals surface area contributed by atoms with Gasteiger partial charge in [-0.05, 0) is 41.6 Å². The predicted molar refractivity (Wildman–Crippen MR) is 80.0 cm³/mol. The Balaban J connectivity index is 1.73. The SMILES string of the molecule is c1ccc(-c2nccn2-c2ccc(-c3nn[nH]n3)cc2)nc1. The van der Waals surface area contributed by atoms with Gasteiger partial charge in [-0.25, -0.2) is 4.98 Å². The lowest BCUT2D eigenvalue weighted by molar-refractivity contribution is 0.881. The molecule has 7 heteroatoms. The van der Waals surface area contributed by atoms with Crippen LogP contribution >= 0.6 is 0 Å². The third-order valence-corrected chi connectivity index (χ3v) is 3.28. The zero-order chi connectivity index (χ0) is 14.8. The van der Waals surface area contributed by atoms with Crippen LogP contribution in [0.2, 0.25) is 0 Å². The molecule has 0 atom stereocenters. The molecule has 3 heterocycles. The molecule has 1 N–H and O–H groups in total. The van der Waals surface area contributed by atoms with E-state index in [9.17, 15) is 0 Å². The molecule has 4 aromatic rings. The summed E-state index contributed by atoms with van der Waals surface area (Å²) in [5, 5.41) is 13.9. The van der Waals surface area contributed by atoms with Crippen LogP contribution in [0, 0.1) is 0 Å². The Bertz CT molecular complexity index is 864. The number of pyridine rings is 1. The second-order valence-corrected chi connectivity index (χ2v) is 4.62. The lowest BCUT2D eigenvalue weighted by Crippen LogP contribution is -1.97. The molecule has 0 aliphatic heterocycles. The topological polar surface area (TPSA) is 85.2 Å². The van der Waals surface area contributed by atoms with Gasteiger partial charge in [-0.3, -0.25) is 9.55 Å². The van der Waals surface area contributed by atoms with Gasteiger partial charge in [0.05, 0.1) is 0 Å². The van der Waals surface area contributed by atoms with E-state index in [2.05, 4.69) is 30.6 Å². The minimum Gasteiger partial charge on any atom is -0.299 e. The first-order valence-corrected chi connectivity index (χ1v) is 6.71. The van der Waals surface area contributed by atoms with Crippen LogP contribution in [-0.2, 0) is 0 Å². The van der Waals surface area contributed by atoms with Crippen molar-refractivity contribution in [1.29, 1.82) is 0 Å². The van der Waals surface area contributed by atoms with E-state index in [1.54, 1.807) is 12.4 Å². The highest BCUT2D eigenvalue weighted by Crippen LogP contribution is 2.21. The number of aromatic amines is 1. The van der Waals surface area contributed by atoms with Crippen LogP contribution < -0.4 is 0 Å². The molecule has 0 radical (unpaired) electrons. The van der Waals surface area contributed by atoms with Gasteiger partial charge in [-0.2, -0.15) is 5.21 Å². The lowest BCUT2D eigenvalue weighted by Gasteiger charge is -2.07. The molecule has 0 spiro atoms. The average molecular weight is 289 g/mol. The molecule has 3 aromatic heterocycles. The van der Waals surface area contributed by atoms with Crippen LogP contribution in [0.1, 0.15) is 0 Å². The summed E-state index contributed by atoms with van der Waals surface area (Å²) in [6.07, 6.45) is 5.43. The quantitative estimate of drug-likeness (QED) is 0.624. The summed E-state index contributed by atoms with van der Waals surface area (Å²) in [6.45, 7) is 0. The van der Waals surface area contributed by atoms with E-state index in [1.807, 2.05) is 53.2 Å². The van der Waals surface area contributed by atoms with Crippen molar-refractivity contribution in [1.82, 2.24) is 35.2 Å². The van der Waals surface area contributed by atoms with E-state index in [0.717, 1.165) is 22.8 Å². The van der Waals surface area contributed by atoms with E-state index < -0.39 is 0 Å².